The second-order valence-corrected chi connectivity index (χ2v) is 3.09. The van der Waals surface area contributed by atoms with Gasteiger partial charge in [0, 0.05) is 6.07 Å². The predicted molar refractivity (Wildman–Crippen MR) is 60.0 cm³/mol. The summed E-state index contributed by atoms with van der Waals surface area (Å²) in [5.74, 6) is 0. The van der Waals surface area contributed by atoms with E-state index in [-0.39, 0.29) is 1.43 Å². The van der Waals surface area contributed by atoms with Gasteiger partial charge in [-0.25, -0.2) is 0 Å². The van der Waals surface area contributed by atoms with Gasteiger partial charge < -0.3 is 17.3 Å². The molecule has 0 amide bonds. The van der Waals surface area contributed by atoms with E-state index in [2.05, 4.69) is 4.98 Å². The quantitative estimate of drug-likeness (QED) is 0.373. The third-order valence-corrected chi connectivity index (χ3v) is 1.87. The fourth-order valence-corrected chi connectivity index (χ4v) is 1.30. The molecule has 0 aliphatic carbocycles. The monoisotopic (exact) mass is 243 g/mol. The van der Waals surface area contributed by atoms with Gasteiger partial charge in [0.05, 0.1) is 5.39 Å². The van der Waals surface area contributed by atoms with Crippen LogP contribution < -0.4 is 0 Å². The molecule has 0 unspecified atom stereocenters. The van der Waals surface area contributed by atoms with E-state index in [1.807, 2.05) is 36.4 Å². The van der Waals surface area contributed by atoms with E-state index < -0.39 is 7.25 Å². The van der Waals surface area contributed by atoms with Crippen LogP contribution in [0.4, 0.5) is 23.0 Å². The zero-order chi connectivity index (χ0) is 12.9. The first-order valence-corrected chi connectivity index (χ1v) is 4.62. The maximum Gasteiger partial charge on any atom is 1.00 e. The summed E-state index contributed by atoms with van der Waals surface area (Å²) in [5.41, 5.74) is 0.619. The highest BCUT2D eigenvalue weighted by atomic mass is 19.5. The van der Waals surface area contributed by atoms with E-state index in [1.165, 1.54) is 0 Å². The van der Waals surface area contributed by atoms with Crippen LogP contribution in [-0.2, 0) is 0 Å². The molecule has 0 radical (unpaired) electrons. The molecular weight excluding hydrogens is 235 g/mol. The Hall–Kier alpha value is -2.10. The maximum atomic E-state index is 9.75. The molecule has 0 spiro atoms. The van der Waals surface area contributed by atoms with Crippen molar-refractivity contribution in [3.63, 3.8) is 0 Å². The molecule has 0 N–H and O–H groups in total. The Morgan fingerprint density at radius 2 is 1.47 bits per heavy atom. The van der Waals surface area contributed by atoms with Crippen molar-refractivity contribution in [3.05, 3.63) is 47.4 Å². The summed E-state index contributed by atoms with van der Waals surface area (Å²) >= 11 is 0. The number of benzene rings is 2. The van der Waals surface area contributed by atoms with Crippen LogP contribution >= 0.6 is 0 Å². The average molecular weight is 243 g/mol. The molecule has 0 saturated carbocycles. The van der Waals surface area contributed by atoms with Gasteiger partial charge in [0.25, 0.3) is 0 Å². The van der Waals surface area contributed by atoms with Crippen LogP contribution in [0, 0.1) is 5.39 Å². The second kappa shape index (κ2) is 5.30. The fourth-order valence-electron chi connectivity index (χ4n) is 1.30. The number of hydrogen-bond acceptors (Lipinski definition) is 1. The highest BCUT2D eigenvalue weighted by molar-refractivity contribution is 6.50. The molecule has 0 atom stereocenters. The van der Waals surface area contributed by atoms with Crippen LogP contribution in [0.2, 0.25) is 0 Å². The van der Waals surface area contributed by atoms with Crippen LogP contribution in [0.1, 0.15) is 1.43 Å². The minimum Gasteiger partial charge on any atom is -0.418 e. The summed E-state index contributed by atoms with van der Waals surface area (Å²) in [6.45, 7) is 0. The third-order valence-electron chi connectivity index (χ3n) is 1.87. The van der Waals surface area contributed by atoms with Gasteiger partial charge in [0.1, 0.15) is 0 Å². The standard InChI is InChI=1S/C10H7N2.BF4/c11-12-10-7-3-5-8-4-1-2-6-9(8)10;2-1(3,4)5/h1-7H;/q+1;-1/p+1. The van der Waals surface area contributed by atoms with Gasteiger partial charge in [-0.1, -0.05) is 30.3 Å². The van der Waals surface area contributed by atoms with E-state index in [0.717, 1.165) is 10.8 Å². The molecule has 2 rings (SSSR count). The molecule has 0 aliphatic rings. The number of halogens is 4. The highest BCUT2D eigenvalue weighted by Gasteiger charge is 2.20. The van der Waals surface area contributed by atoms with Crippen LogP contribution in [0.25, 0.3) is 15.7 Å². The number of nitrogens with zero attached hydrogens (tertiary/aromatic N) is 2. The largest absolute Gasteiger partial charge is 1.00 e. The van der Waals surface area contributed by atoms with E-state index in [1.54, 1.807) is 6.07 Å². The van der Waals surface area contributed by atoms with E-state index in [4.69, 9.17) is 5.39 Å². The molecule has 7 heteroatoms. The summed E-state index contributed by atoms with van der Waals surface area (Å²) in [4.78, 5) is 3.20. The van der Waals surface area contributed by atoms with E-state index in [9.17, 15) is 17.3 Å². The predicted octanol–water partition coefficient (Wildman–Crippen LogP) is 4.74. The molecule has 0 aromatic heterocycles. The lowest BCUT2D eigenvalue weighted by molar-refractivity contribution is 0.368. The average Bonchev–Trinajstić information content (AvgIpc) is 2.26. The first-order valence-electron chi connectivity index (χ1n) is 4.62. The third kappa shape index (κ3) is 4.51. The molecule has 2 nitrogen and oxygen atoms in total. The SMILES string of the molecule is F[B-](F)(F)F.N#[N+]c1cccc2ccccc12.[H+]. The Balaban J connectivity index is 0.000000421. The normalized spacial score (nSPS) is 10.3. The van der Waals surface area contributed by atoms with Gasteiger partial charge in [0.15, 0.2) is 4.98 Å². The molecule has 88 valence electrons. The highest BCUT2D eigenvalue weighted by Crippen LogP contribution is 2.24. The van der Waals surface area contributed by atoms with Gasteiger partial charge in [0.2, 0.25) is 5.39 Å². The lowest BCUT2D eigenvalue weighted by atomic mass is 10.1. The molecule has 2 aromatic rings. The summed E-state index contributed by atoms with van der Waals surface area (Å²) in [6, 6.07) is 13.5. The van der Waals surface area contributed by atoms with Crippen molar-refractivity contribution < 1.29 is 18.7 Å². The Labute approximate surface area is 96.1 Å². The Kier molecular flexibility index (Phi) is 4.04. The molecule has 17 heavy (non-hydrogen) atoms. The minimum absolute atomic E-state index is 0. The van der Waals surface area contributed by atoms with Crippen molar-refractivity contribution in [2.24, 2.45) is 0 Å². The topological polar surface area (TPSA) is 28.1 Å². The van der Waals surface area contributed by atoms with Crippen LogP contribution in [0.15, 0.2) is 42.5 Å². The summed E-state index contributed by atoms with van der Waals surface area (Å²) in [7, 11) is -6.00. The van der Waals surface area contributed by atoms with Crippen molar-refractivity contribution in [1.82, 2.24) is 0 Å². The molecule has 0 bridgehead atoms. The molecular formula is C10H8BF4N2+. The van der Waals surface area contributed by atoms with Crippen molar-refractivity contribution in [2.75, 3.05) is 0 Å². The number of hydrogen-bond donors (Lipinski definition) is 0. The van der Waals surface area contributed by atoms with Crippen LogP contribution in [0.3, 0.4) is 0 Å². The molecule has 0 fully saturated rings. The zero-order valence-corrected chi connectivity index (χ0v) is 8.53. The number of fused-ring (bicyclic) bond motifs is 1. The molecule has 0 heterocycles. The summed E-state index contributed by atoms with van der Waals surface area (Å²) < 4.78 is 39.0. The second-order valence-electron chi connectivity index (χ2n) is 3.09. The van der Waals surface area contributed by atoms with Gasteiger partial charge in [-0.15, -0.1) is 0 Å². The van der Waals surface area contributed by atoms with Gasteiger partial charge in [-0.2, -0.15) is 0 Å². The van der Waals surface area contributed by atoms with Crippen molar-refractivity contribution >= 4 is 23.7 Å². The lowest BCUT2D eigenvalue weighted by Crippen LogP contribution is -2.02. The van der Waals surface area contributed by atoms with Gasteiger partial charge >= 0.3 is 14.4 Å². The van der Waals surface area contributed by atoms with E-state index >= 15 is 0 Å². The minimum atomic E-state index is -6.00. The molecule has 0 aliphatic heterocycles. The number of diazo groups is 1. The Bertz CT molecular complexity index is 542. The summed E-state index contributed by atoms with van der Waals surface area (Å²) in [6.07, 6.45) is 0. The molecule has 2 aromatic carbocycles. The van der Waals surface area contributed by atoms with Crippen LogP contribution in [0.5, 0.6) is 0 Å². The van der Waals surface area contributed by atoms with Crippen molar-refractivity contribution in [2.45, 2.75) is 0 Å². The first kappa shape index (κ1) is 13.0. The van der Waals surface area contributed by atoms with Crippen molar-refractivity contribution in [3.8, 4) is 0 Å². The van der Waals surface area contributed by atoms with Crippen molar-refractivity contribution in [1.29, 1.82) is 5.39 Å². The fraction of sp³-hybridized carbons (Fsp3) is 0. The van der Waals surface area contributed by atoms with E-state index in [0.29, 0.717) is 5.69 Å². The van der Waals surface area contributed by atoms with Gasteiger partial charge in [-0.3, -0.25) is 0 Å². The van der Waals surface area contributed by atoms with Crippen LogP contribution in [-0.4, -0.2) is 7.25 Å². The molecule has 0 saturated heterocycles. The smallest absolute Gasteiger partial charge is 0.418 e. The number of rotatable bonds is 0. The van der Waals surface area contributed by atoms with Gasteiger partial charge in [-0.05, 0) is 11.5 Å². The lowest BCUT2D eigenvalue weighted by Gasteiger charge is -1.94. The summed E-state index contributed by atoms with van der Waals surface area (Å²) in [5, 5.41) is 10.7. The maximum absolute atomic E-state index is 9.75. The first-order chi connectivity index (χ1) is 7.92. The Morgan fingerprint density at radius 3 is 2.06 bits per heavy atom. The zero-order valence-electron chi connectivity index (χ0n) is 9.53. The Morgan fingerprint density at radius 1 is 0.941 bits per heavy atom.